The molecule has 2 N–H and O–H groups in total. The number of nitrogens with two attached hydrogens (primary N) is 1. The van der Waals surface area contributed by atoms with Gasteiger partial charge in [-0.15, -0.1) is 0 Å². The first-order chi connectivity index (χ1) is 8.68. The topological polar surface area (TPSA) is 56.7 Å². The second-order valence-corrected chi connectivity index (χ2v) is 5.36. The van der Waals surface area contributed by atoms with Crippen LogP contribution in [0.3, 0.4) is 0 Å². The maximum absolute atomic E-state index is 6.31. The molecule has 1 aliphatic carbocycles. The smallest absolute Gasteiger partial charge is 0.158 e. The quantitative estimate of drug-likeness (QED) is 0.837. The Labute approximate surface area is 107 Å². The number of aryl methyl sites for hydroxylation is 2. The number of hydrogen-bond donors (Lipinski definition) is 1. The summed E-state index contributed by atoms with van der Waals surface area (Å²) in [6.07, 6.45) is 6.75. The summed E-state index contributed by atoms with van der Waals surface area (Å²) in [5.41, 5.74) is 9.69. The maximum Gasteiger partial charge on any atom is 0.158 e. The third-order valence-corrected chi connectivity index (χ3v) is 4.15. The number of hydrogen-bond acceptors (Lipinski definition) is 3. The molecular formula is C14H20N4. The third-order valence-electron chi connectivity index (χ3n) is 4.15. The van der Waals surface area contributed by atoms with Crippen molar-refractivity contribution in [1.29, 1.82) is 0 Å². The van der Waals surface area contributed by atoms with Crippen molar-refractivity contribution >= 4 is 11.0 Å². The molecule has 2 aromatic rings. The van der Waals surface area contributed by atoms with E-state index in [-0.39, 0.29) is 6.04 Å². The van der Waals surface area contributed by atoms with Gasteiger partial charge in [-0.05, 0) is 37.3 Å². The zero-order chi connectivity index (χ0) is 12.7. The largest absolute Gasteiger partial charge is 0.327 e. The lowest BCUT2D eigenvalue weighted by molar-refractivity contribution is 0.387. The van der Waals surface area contributed by atoms with Gasteiger partial charge in [0.1, 0.15) is 0 Å². The van der Waals surface area contributed by atoms with Crippen LogP contribution in [-0.4, -0.2) is 20.8 Å². The molecule has 0 radical (unpaired) electrons. The van der Waals surface area contributed by atoms with Crippen molar-refractivity contribution in [3.8, 4) is 0 Å². The fourth-order valence-corrected chi connectivity index (χ4v) is 3.26. The molecule has 3 rings (SSSR count). The highest BCUT2D eigenvalue weighted by Gasteiger charge is 2.26. The van der Waals surface area contributed by atoms with Crippen LogP contribution in [-0.2, 0) is 7.05 Å². The van der Waals surface area contributed by atoms with E-state index in [1.165, 1.54) is 30.2 Å². The minimum Gasteiger partial charge on any atom is -0.327 e. The number of fused-ring (bicyclic) bond motifs is 1. The molecule has 1 saturated carbocycles. The Hall–Kier alpha value is -1.42. The van der Waals surface area contributed by atoms with Crippen molar-refractivity contribution in [2.24, 2.45) is 12.8 Å². The Morgan fingerprint density at radius 1 is 1.33 bits per heavy atom. The SMILES string of the molecule is Cc1nn(C)c2nccc(C3CCCCC3N)c12. The monoisotopic (exact) mass is 244 g/mol. The lowest BCUT2D eigenvalue weighted by atomic mass is 9.79. The summed E-state index contributed by atoms with van der Waals surface area (Å²) in [5, 5.41) is 5.69. The predicted molar refractivity (Wildman–Crippen MR) is 72.4 cm³/mol. The Kier molecular flexibility index (Phi) is 2.82. The molecule has 2 aromatic heterocycles. The van der Waals surface area contributed by atoms with Crippen LogP contribution in [0.2, 0.25) is 0 Å². The number of rotatable bonds is 1. The molecule has 0 aliphatic heterocycles. The number of pyridine rings is 1. The van der Waals surface area contributed by atoms with Gasteiger partial charge in [0.15, 0.2) is 5.65 Å². The van der Waals surface area contributed by atoms with Crippen LogP contribution in [0, 0.1) is 6.92 Å². The first-order valence-electron chi connectivity index (χ1n) is 6.72. The summed E-state index contributed by atoms with van der Waals surface area (Å²) in [6, 6.07) is 2.41. The minimum atomic E-state index is 0.281. The zero-order valence-corrected chi connectivity index (χ0v) is 11.1. The molecule has 0 aromatic carbocycles. The van der Waals surface area contributed by atoms with Crippen molar-refractivity contribution in [3.05, 3.63) is 23.5 Å². The van der Waals surface area contributed by atoms with Crippen LogP contribution in [0.1, 0.15) is 42.9 Å². The van der Waals surface area contributed by atoms with Gasteiger partial charge >= 0.3 is 0 Å². The summed E-state index contributed by atoms with van der Waals surface area (Å²) in [7, 11) is 1.95. The average molecular weight is 244 g/mol. The summed E-state index contributed by atoms with van der Waals surface area (Å²) in [4.78, 5) is 4.44. The van der Waals surface area contributed by atoms with Crippen molar-refractivity contribution in [3.63, 3.8) is 0 Å². The van der Waals surface area contributed by atoms with Crippen LogP contribution < -0.4 is 5.73 Å². The van der Waals surface area contributed by atoms with E-state index in [0.717, 1.165) is 17.8 Å². The van der Waals surface area contributed by atoms with Gasteiger partial charge in [-0.3, -0.25) is 4.68 Å². The maximum atomic E-state index is 6.31. The van der Waals surface area contributed by atoms with Crippen molar-refractivity contribution in [1.82, 2.24) is 14.8 Å². The molecule has 0 bridgehead atoms. The lowest BCUT2D eigenvalue weighted by Gasteiger charge is -2.29. The predicted octanol–water partition coefficient (Wildman–Crippen LogP) is 2.26. The van der Waals surface area contributed by atoms with Crippen molar-refractivity contribution in [2.75, 3.05) is 0 Å². The molecule has 2 atom stereocenters. The van der Waals surface area contributed by atoms with Crippen LogP contribution in [0.4, 0.5) is 0 Å². The molecular weight excluding hydrogens is 224 g/mol. The van der Waals surface area contributed by atoms with Gasteiger partial charge in [0.2, 0.25) is 0 Å². The van der Waals surface area contributed by atoms with Gasteiger partial charge in [-0.25, -0.2) is 4.98 Å². The standard InChI is InChI=1S/C14H20N4/c1-9-13-11(10-5-3-4-6-12(10)15)7-8-16-14(13)18(2)17-9/h7-8,10,12H,3-6,15H2,1-2H3. The highest BCUT2D eigenvalue weighted by molar-refractivity contribution is 5.82. The second-order valence-electron chi connectivity index (χ2n) is 5.36. The van der Waals surface area contributed by atoms with E-state index in [1.54, 1.807) is 0 Å². The second kappa shape index (κ2) is 4.35. The lowest BCUT2D eigenvalue weighted by Crippen LogP contribution is -2.31. The van der Waals surface area contributed by atoms with Gasteiger partial charge < -0.3 is 5.73 Å². The summed E-state index contributed by atoms with van der Waals surface area (Å²) in [6.45, 7) is 2.06. The minimum absolute atomic E-state index is 0.281. The first kappa shape index (κ1) is 11.7. The van der Waals surface area contributed by atoms with Crippen LogP contribution >= 0.6 is 0 Å². The Morgan fingerprint density at radius 2 is 2.11 bits per heavy atom. The molecule has 4 nitrogen and oxygen atoms in total. The molecule has 18 heavy (non-hydrogen) atoms. The molecule has 1 aliphatic rings. The third kappa shape index (κ3) is 1.72. The molecule has 2 unspecified atom stereocenters. The van der Waals surface area contributed by atoms with E-state index >= 15 is 0 Å². The van der Waals surface area contributed by atoms with Gasteiger partial charge in [0.25, 0.3) is 0 Å². The molecule has 96 valence electrons. The number of nitrogens with zero attached hydrogens (tertiary/aromatic N) is 3. The Morgan fingerprint density at radius 3 is 2.89 bits per heavy atom. The summed E-state index contributed by atoms with van der Waals surface area (Å²) >= 11 is 0. The van der Waals surface area contributed by atoms with Crippen molar-refractivity contribution in [2.45, 2.75) is 44.6 Å². The van der Waals surface area contributed by atoms with Gasteiger partial charge in [0.05, 0.1) is 5.69 Å². The van der Waals surface area contributed by atoms with E-state index in [2.05, 4.69) is 23.1 Å². The van der Waals surface area contributed by atoms with Gasteiger partial charge in [-0.1, -0.05) is 12.8 Å². The summed E-state index contributed by atoms with van der Waals surface area (Å²) in [5.74, 6) is 0.465. The Balaban J connectivity index is 2.16. The van der Waals surface area contributed by atoms with Crippen LogP contribution in [0.15, 0.2) is 12.3 Å². The number of aromatic nitrogens is 3. The highest BCUT2D eigenvalue weighted by Crippen LogP contribution is 2.36. The fourth-order valence-electron chi connectivity index (χ4n) is 3.26. The fraction of sp³-hybridized carbons (Fsp3) is 0.571. The van der Waals surface area contributed by atoms with Gasteiger partial charge in [0, 0.05) is 24.7 Å². The molecule has 4 heteroatoms. The van der Waals surface area contributed by atoms with Gasteiger partial charge in [-0.2, -0.15) is 5.10 Å². The molecule has 0 amide bonds. The summed E-state index contributed by atoms with van der Waals surface area (Å²) < 4.78 is 1.86. The molecule has 2 heterocycles. The molecule has 0 saturated heterocycles. The van der Waals surface area contributed by atoms with Crippen LogP contribution in [0.5, 0.6) is 0 Å². The molecule has 1 fully saturated rings. The van der Waals surface area contributed by atoms with E-state index < -0.39 is 0 Å². The normalized spacial score (nSPS) is 24.6. The van der Waals surface area contributed by atoms with E-state index in [9.17, 15) is 0 Å². The van der Waals surface area contributed by atoms with E-state index in [1.807, 2.05) is 17.9 Å². The Bertz CT molecular complexity index is 572. The van der Waals surface area contributed by atoms with E-state index in [4.69, 9.17) is 5.73 Å². The first-order valence-corrected chi connectivity index (χ1v) is 6.72. The van der Waals surface area contributed by atoms with E-state index in [0.29, 0.717) is 5.92 Å². The molecule has 0 spiro atoms. The zero-order valence-electron chi connectivity index (χ0n) is 11.1. The average Bonchev–Trinajstić information content (AvgIpc) is 2.66. The van der Waals surface area contributed by atoms with Crippen molar-refractivity contribution < 1.29 is 0 Å². The highest BCUT2D eigenvalue weighted by atomic mass is 15.3. The van der Waals surface area contributed by atoms with Crippen LogP contribution in [0.25, 0.3) is 11.0 Å².